The van der Waals surface area contributed by atoms with Crippen LogP contribution in [0.5, 0.6) is 0 Å². The van der Waals surface area contributed by atoms with Gasteiger partial charge in [-0.3, -0.25) is 0 Å². The van der Waals surface area contributed by atoms with E-state index in [0.717, 1.165) is 0 Å². The summed E-state index contributed by atoms with van der Waals surface area (Å²) in [6.45, 7) is 3.83. The summed E-state index contributed by atoms with van der Waals surface area (Å²) >= 11 is 0. The van der Waals surface area contributed by atoms with E-state index in [1.165, 1.54) is 0 Å². The maximum Gasteiger partial charge on any atom is 0.0417 e. The van der Waals surface area contributed by atoms with Crippen molar-refractivity contribution >= 4 is 11.9 Å². The van der Waals surface area contributed by atoms with Crippen LogP contribution in [-0.2, 0) is 9.59 Å². The molecule has 0 aromatic heterocycles. The first kappa shape index (κ1) is 11.9. The zero-order valence-electron chi connectivity index (χ0n) is 7.91. The summed E-state index contributed by atoms with van der Waals surface area (Å²) in [4.78, 5) is 20.5. The van der Waals surface area contributed by atoms with E-state index in [9.17, 15) is 19.8 Å². The SMILES string of the molecule is CC(C)CC(CC(=O)[O-])CC(=O)[O-]. The lowest BCUT2D eigenvalue weighted by molar-refractivity contribution is -0.310. The molecule has 0 radical (unpaired) electrons. The topological polar surface area (TPSA) is 80.3 Å². The fourth-order valence-corrected chi connectivity index (χ4v) is 1.38. The van der Waals surface area contributed by atoms with Crippen LogP contribution in [0.4, 0.5) is 0 Å². The molecule has 0 atom stereocenters. The molecule has 0 aliphatic carbocycles. The monoisotopic (exact) mass is 186 g/mol. The predicted molar refractivity (Wildman–Crippen MR) is 42.2 cm³/mol. The van der Waals surface area contributed by atoms with Crippen molar-refractivity contribution in [2.75, 3.05) is 0 Å². The van der Waals surface area contributed by atoms with Crippen LogP contribution in [0, 0.1) is 11.8 Å². The molecule has 0 spiro atoms. The Morgan fingerprint density at radius 1 is 1.08 bits per heavy atom. The van der Waals surface area contributed by atoms with Gasteiger partial charge < -0.3 is 19.8 Å². The van der Waals surface area contributed by atoms with Crippen molar-refractivity contribution in [1.29, 1.82) is 0 Å². The zero-order valence-corrected chi connectivity index (χ0v) is 7.91. The molecule has 0 rings (SSSR count). The van der Waals surface area contributed by atoms with Gasteiger partial charge in [0.25, 0.3) is 0 Å². The summed E-state index contributed by atoms with van der Waals surface area (Å²) in [6.07, 6.45) is 0.167. The van der Waals surface area contributed by atoms with Gasteiger partial charge in [-0.25, -0.2) is 0 Å². The lowest BCUT2D eigenvalue weighted by atomic mass is 9.91. The highest BCUT2D eigenvalue weighted by Crippen LogP contribution is 2.18. The number of aliphatic carboxylic acids is 2. The maximum atomic E-state index is 10.2. The molecule has 0 amide bonds. The minimum absolute atomic E-state index is 0.202. The van der Waals surface area contributed by atoms with E-state index in [2.05, 4.69) is 0 Å². The van der Waals surface area contributed by atoms with Crippen molar-refractivity contribution in [2.24, 2.45) is 11.8 Å². The Morgan fingerprint density at radius 3 is 1.69 bits per heavy atom. The smallest absolute Gasteiger partial charge is 0.0417 e. The molecular weight excluding hydrogens is 172 g/mol. The molecule has 0 unspecified atom stereocenters. The summed E-state index contributed by atoms with van der Waals surface area (Å²) in [5.74, 6) is -2.49. The van der Waals surface area contributed by atoms with Crippen LogP contribution in [0.3, 0.4) is 0 Å². The van der Waals surface area contributed by atoms with E-state index < -0.39 is 11.9 Å². The second kappa shape index (κ2) is 5.56. The first-order valence-electron chi connectivity index (χ1n) is 4.31. The van der Waals surface area contributed by atoms with Crippen molar-refractivity contribution in [3.63, 3.8) is 0 Å². The van der Waals surface area contributed by atoms with Gasteiger partial charge in [0.15, 0.2) is 0 Å². The Hall–Kier alpha value is -1.06. The molecule has 0 saturated heterocycles. The molecule has 0 heterocycles. The van der Waals surface area contributed by atoms with E-state index in [0.29, 0.717) is 6.42 Å². The number of carbonyl (C=O) groups excluding carboxylic acids is 2. The summed E-state index contributed by atoms with van der Waals surface area (Å²) < 4.78 is 0. The number of hydrogen-bond acceptors (Lipinski definition) is 4. The molecule has 0 bridgehead atoms. The molecule has 0 aromatic carbocycles. The van der Waals surface area contributed by atoms with Crippen LogP contribution in [0.2, 0.25) is 0 Å². The van der Waals surface area contributed by atoms with Gasteiger partial charge in [-0.15, -0.1) is 0 Å². The molecule has 0 aliphatic heterocycles. The molecule has 4 heteroatoms. The number of carboxylic acid groups (broad SMARTS) is 2. The zero-order chi connectivity index (χ0) is 10.4. The molecule has 0 aromatic rings. The molecule has 76 valence electrons. The Balaban J connectivity index is 4.02. The third kappa shape index (κ3) is 7.31. The standard InChI is InChI=1S/C9H16O4/c1-6(2)3-7(4-8(10)11)5-9(12)13/h6-7H,3-5H2,1-2H3,(H,10,11)(H,12,13)/p-2. The summed E-state index contributed by atoms with van der Waals surface area (Å²) in [6, 6.07) is 0. The first-order valence-corrected chi connectivity index (χ1v) is 4.31. The highest BCUT2D eigenvalue weighted by Gasteiger charge is 2.11. The van der Waals surface area contributed by atoms with Crippen LogP contribution in [0.1, 0.15) is 33.1 Å². The quantitative estimate of drug-likeness (QED) is 0.529. The van der Waals surface area contributed by atoms with E-state index >= 15 is 0 Å². The van der Waals surface area contributed by atoms with Crippen molar-refractivity contribution < 1.29 is 19.8 Å². The highest BCUT2D eigenvalue weighted by atomic mass is 16.4. The highest BCUT2D eigenvalue weighted by molar-refractivity contribution is 5.68. The van der Waals surface area contributed by atoms with Gasteiger partial charge >= 0.3 is 0 Å². The third-order valence-electron chi connectivity index (χ3n) is 1.72. The minimum atomic E-state index is -1.20. The molecule has 0 aliphatic rings. The minimum Gasteiger partial charge on any atom is -0.550 e. The molecule has 0 fully saturated rings. The van der Waals surface area contributed by atoms with Gasteiger partial charge in [0.05, 0.1) is 0 Å². The van der Waals surface area contributed by atoms with E-state index in [4.69, 9.17) is 0 Å². The second-order valence-electron chi connectivity index (χ2n) is 3.65. The Labute approximate surface area is 77.6 Å². The van der Waals surface area contributed by atoms with Crippen molar-refractivity contribution in [2.45, 2.75) is 33.1 Å². The summed E-state index contributed by atoms with van der Waals surface area (Å²) in [5, 5.41) is 20.5. The van der Waals surface area contributed by atoms with E-state index in [1.807, 2.05) is 13.8 Å². The van der Waals surface area contributed by atoms with Crippen molar-refractivity contribution in [1.82, 2.24) is 0 Å². The molecule has 4 nitrogen and oxygen atoms in total. The Morgan fingerprint density at radius 2 is 1.46 bits per heavy atom. The average molecular weight is 186 g/mol. The maximum absolute atomic E-state index is 10.2. The molecule has 0 N–H and O–H groups in total. The fraction of sp³-hybridized carbons (Fsp3) is 0.778. The number of carboxylic acids is 2. The van der Waals surface area contributed by atoms with Gasteiger partial charge in [0.1, 0.15) is 0 Å². The molecular formula is C9H14O4-2. The molecule has 13 heavy (non-hydrogen) atoms. The van der Waals surface area contributed by atoms with Gasteiger partial charge in [-0.1, -0.05) is 13.8 Å². The number of carbonyl (C=O) groups is 2. The fourth-order valence-electron chi connectivity index (χ4n) is 1.38. The summed E-state index contributed by atoms with van der Waals surface area (Å²) in [5.41, 5.74) is 0. The molecule has 0 saturated carbocycles. The third-order valence-corrected chi connectivity index (χ3v) is 1.72. The van der Waals surface area contributed by atoms with Gasteiger partial charge in [-0.2, -0.15) is 0 Å². The van der Waals surface area contributed by atoms with E-state index in [1.54, 1.807) is 0 Å². The van der Waals surface area contributed by atoms with Gasteiger partial charge in [-0.05, 0) is 31.1 Å². The van der Waals surface area contributed by atoms with Crippen molar-refractivity contribution in [3.05, 3.63) is 0 Å². The predicted octanol–water partition coefficient (Wildman–Crippen LogP) is -1.07. The normalized spacial score (nSPS) is 10.8. The first-order chi connectivity index (χ1) is 5.91. The van der Waals surface area contributed by atoms with Gasteiger partial charge in [0.2, 0.25) is 0 Å². The van der Waals surface area contributed by atoms with Crippen LogP contribution < -0.4 is 10.2 Å². The van der Waals surface area contributed by atoms with Crippen LogP contribution in [0.15, 0.2) is 0 Å². The Kier molecular flexibility index (Phi) is 5.11. The van der Waals surface area contributed by atoms with Crippen LogP contribution >= 0.6 is 0 Å². The Bertz CT molecular complexity index is 170. The van der Waals surface area contributed by atoms with Crippen LogP contribution in [-0.4, -0.2) is 11.9 Å². The van der Waals surface area contributed by atoms with E-state index in [-0.39, 0.29) is 24.7 Å². The van der Waals surface area contributed by atoms with Crippen molar-refractivity contribution in [3.8, 4) is 0 Å². The van der Waals surface area contributed by atoms with Gasteiger partial charge in [0, 0.05) is 11.9 Å². The second-order valence-corrected chi connectivity index (χ2v) is 3.65. The number of hydrogen-bond donors (Lipinski definition) is 0. The summed E-state index contributed by atoms with van der Waals surface area (Å²) in [7, 11) is 0. The average Bonchev–Trinajstić information content (AvgIpc) is 1.80. The van der Waals surface area contributed by atoms with Crippen LogP contribution in [0.25, 0.3) is 0 Å². The number of rotatable bonds is 6. The largest absolute Gasteiger partial charge is 0.550 e. The lowest BCUT2D eigenvalue weighted by Gasteiger charge is -2.19. The lowest BCUT2D eigenvalue weighted by Crippen LogP contribution is -2.30.